The minimum Gasteiger partial charge on any atom is -0.456 e. The normalized spacial score (nSPS) is 15.9. The number of aryl methyl sites for hydroxylation is 1. The second-order valence-electron chi connectivity index (χ2n) is 22.4. The molecule has 0 spiro atoms. The maximum absolute atomic E-state index is 7.20. The average molecular weight is 913 g/mol. The molecule has 1 aliphatic carbocycles. The molecule has 4 nitrogen and oxygen atoms in total. The van der Waals surface area contributed by atoms with Gasteiger partial charge < -0.3 is 18.5 Å². The molecule has 0 bridgehead atoms. The van der Waals surface area contributed by atoms with Crippen molar-refractivity contribution in [2.75, 3.05) is 9.71 Å². The first-order valence-corrected chi connectivity index (χ1v) is 25.5. The number of nitrogens with zero attached hydrogens (tertiary/aromatic N) is 2. The van der Waals surface area contributed by atoms with Crippen LogP contribution in [0, 0.1) is 6.92 Å². The molecular formula is C63H53BN2O2S. The van der Waals surface area contributed by atoms with E-state index in [4.69, 9.17) is 8.83 Å². The van der Waals surface area contributed by atoms with Crippen molar-refractivity contribution in [2.24, 2.45) is 0 Å². The first-order chi connectivity index (χ1) is 33.2. The van der Waals surface area contributed by atoms with Crippen LogP contribution >= 0.6 is 11.3 Å². The molecule has 11 aromatic rings. The van der Waals surface area contributed by atoms with Gasteiger partial charge in [-0.2, -0.15) is 0 Å². The third kappa shape index (κ3) is 5.82. The van der Waals surface area contributed by atoms with E-state index in [1.807, 2.05) is 11.3 Å². The molecule has 0 unspecified atom stereocenters. The van der Waals surface area contributed by atoms with Gasteiger partial charge in [-0.3, -0.25) is 0 Å². The van der Waals surface area contributed by atoms with Crippen LogP contribution in [0.4, 0.5) is 28.4 Å². The van der Waals surface area contributed by atoms with Gasteiger partial charge in [-0.05, 0) is 123 Å². The summed E-state index contributed by atoms with van der Waals surface area (Å²) in [5.74, 6) is 0. The molecule has 0 saturated carbocycles. The van der Waals surface area contributed by atoms with Gasteiger partial charge >= 0.3 is 6.85 Å². The van der Waals surface area contributed by atoms with E-state index in [0.717, 1.165) is 72.8 Å². The van der Waals surface area contributed by atoms with Crippen molar-refractivity contribution in [3.63, 3.8) is 0 Å². The molecule has 0 saturated heterocycles. The summed E-state index contributed by atoms with van der Waals surface area (Å²) in [6.07, 6.45) is 2.31. The summed E-state index contributed by atoms with van der Waals surface area (Å²) in [7, 11) is 0. The highest BCUT2D eigenvalue weighted by Gasteiger charge is 2.49. The number of thiophene rings is 1. The SMILES string of the molecule is Cc1cc2c(cc1N1c3cc4c(oc5ccccc54)c4c3B(c3sc5cc(-c6ccccc6)ccc5c31)N(c1ccc(C(C)(C)C)cc1)c1cc3oc5ccccc5c3cc1-4)C(C)(C)CCC2(C)C. The van der Waals surface area contributed by atoms with Gasteiger partial charge in [0.2, 0.25) is 0 Å². The number of para-hydroxylation sites is 2. The summed E-state index contributed by atoms with van der Waals surface area (Å²) < 4.78 is 16.6. The number of furan rings is 2. The van der Waals surface area contributed by atoms with Crippen LogP contribution in [0.5, 0.6) is 0 Å². The van der Waals surface area contributed by atoms with E-state index in [-0.39, 0.29) is 23.1 Å². The van der Waals surface area contributed by atoms with Crippen LogP contribution in [0.2, 0.25) is 0 Å². The molecule has 0 amide bonds. The molecular weight excluding hydrogens is 860 g/mol. The van der Waals surface area contributed by atoms with Gasteiger partial charge in [0.05, 0.1) is 5.69 Å². The van der Waals surface area contributed by atoms with Gasteiger partial charge in [-0.15, -0.1) is 11.3 Å². The molecule has 3 aromatic heterocycles. The van der Waals surface area contributed by atoms with Crippen LogP contribution in [-0.4, -0.2) is 6.85 Å². The minimum absolute atomic E-state index is 0.00239. The van der Waals surface area contributed by atoms with E-state index in [0.29, 0.717) is 0 Å². The lowest BCUT2D eigenvalue weighted by atomic mass is 9.46. The van der Waals surface area contributed by atoms with E-state index in [1.165, 1.54) is 77.2 Å². The monoisotopic (exact) mass is 912 g/mol. The van der Waals surface area contributed by atoms with Gasteiger partial charge in [0.25, 0.3) is 0 Å². The molecule has 0 N–H and O–H groups in total. The Morgan fingerprint density at radius 2 is 1.23 bits per heavy atom. The summed E-state index contributed by atoms with van der Waals surface area (Å²) in [5.41, 5.74) is 21.2. The number of hydrogen-bond donors (Lipinski definition) is 0. The number of hydrogen-bond acceptors (Lipinski definition) is 5. The van der Waals surface area contributed by atoms with Crippen LogP contribution in [0.25, 0.3) is 76.2 Å². The molecule has 0 radical (unpaired) electrons. The third-order valence-corrected chi connectivity index (χ3v) is 17.4. The van der Waals surface area contributed by atoms with Gasteiger partial charge in [-0.1, -0.05) is 146 Å². The Morgan fingerprint density at radius 3 is 1.96 bits per heavy atom. The predicted octanol–water partition coefficient (Wildman–Crippen LogP) is 17.0. The van der Waals surface area contributed by atoms with Gasteiger partial charge in [0, 0.05) is 76.4 Å². The minimum atomic E-state index is -0.195. The smallest absolute Gasteiger partial charge is 0.343 e. The van der Waals surface area contributed by atoms with Gasteiger partial charge in [0.1, 0.15) is 22.3 Å². The van der Waals surface area contributed by atoms with Crippen molar-refractivity contribution in [3.05, 3.63) is 174 Å². The maximum Gasteiger partial charge on any atom is 0.343 e. The number of anilines is 5. The highest BCUT2D eigenvalue weighted by Crippen LogP contribution is 2.56. The zero-order valence-electron chi connectivity index (χ0n) is 40.5. The molecule has 336 valence electrons. The highest BCUT2D eigenvalue weighted by molar-refractivity contribution is 7.32. The topological polar surface area (TPSA) is 32.8 Å². The number of fused-ring (bicyclic) bond motifs is 14. The summed E-state index contributed by atoms with van der Waals surface area (Å²) in [6.45, 7) is 18.8. The summed E-state index contributed by atoms with van der Waals surface area (Å²) in [5, 5.41) is 5.73. The van der Waals surface area contributed by atoms with Crippen molar-refractivity contribution < 1.29 is 8.83 Å². The fourth-order valence-electron chi connectivity index (χ4n) is 12.3. The van der Waals surface area contributed by atoms with Crippen molar-refractivity contribution in [3.8, 4) is 22.3 Å². The lowest BCUT2D eigenvalue weighted by Crippen LogP contribution is -2.60. The molecule has 8 aromatic carbocycles. The highest BCUT2D eigenvalue weighted by atomic mass is 32.1. The lowest BCUT2D eigenvalue weighted by molar-refractivity contribution is 0.332. The van der Waals surface area contributed by atoms with Crippen LogP contribution in [0.1, 0.15) is 83.6 Å². The zero-order chi connectivity index (χ0) is 46.9. The first kappa shape index (κ1) is 41.0. The van der Waals surface area contributed by atoms with Crippen molar-refractivity contribution in [1.29, 1.82) is 0 Å². The van der Waals surface area contributed by atoms with Gasteiger partial charge in [-0.25, -0.2) is 0 Å². The predicted molar refractivity (Wildman–Crippen MR) is 294 cm³/mol. The fourth-order valence-corrected chi connectivity index (χ4v) is 13.7. The first-order valence-electron chi connectivity index (χ1n) is 24.6. The second kappa shape index (κ2) is 14.0. The maximum atomic E-state index is 7.20. The Kier molecular flexibility index (Phi) is 8.35. The van der Waals surface area contributed by atoms with Crippen molar-refractivity contribution in [1.82, 2.24) is 0 Å². The largest absolute Gasteiger partial charge is 0.456 e. The third-order valence-electron chi connectivity index (χ3n) is 16.2. The van der Waals surface area contributed by atoms with E-state index in [1.54, 1.807) is 0 Å². The molecule has 6 heteroatoms. The van der Waals surface area contributed by atoms with Crippen LogP contribution < -0.4 is 20.0 Å². The molecule has 69 heavy (non-hydrogen) atoms. The van der Waals surface area contributed by atoms with Crippen LogP contribution in [0.3, 0.4) is 0 Å². The lowest BCUT2D eigenvalue weighted by Gasteiger charge is -2.46. The molecule has 5 heterocycles. The summed E-state index contributed by atoms with van der Waals surface area (Å²) >= 11 is 1.94. The molecule has 3 aliphatic rings. The molecule has 14 rings (SSSR count). The van der Waals surface area contributed by atoms with E-state index in [2.05, 4.69) is 217 Å². The molecule has 2 aliphatic heterocycles. The van der Waals surface area contributed by atoms with Crippen molar-refractivity contribution >= 4 is 111 Å². The quantitative estimate of drug-likeness (QED) is 0.165. The summed E-state index contributed by atoms with van der Waals surface area (Å²) in [6, 6.07) is 56.7. The van der Waals surface area contributed by atoms with E-state index >= 15 is 0 Å². The van der Waals surface area contributed by atoms with Crippen molar-refractivity contribution in [2.45, 2.75) is 84.5 Å². The van der Waals surface area contributed by atoms with Crippen LogP contribution in [-0.2, 0) is 16.2 Å². The number of rotatable bonds is 3. The van der Waals surface area contributed by atoms with Gasteiger partial charge in [0.15, 0.2) is 0 Å². The average Bonchev–Trinajstić information content (AvgIpc) is 4.03. The Balaban J connectivity index is 1.16. The Hall–Kier alpha value is -7.02. The van der Waals surface area contributed by atoms with E-state index in [9.17, 15) is 0 Å². The second-order valence-corrected chi connectivity index (χ2v) is 23.5. The Morgan fingerprint density at radius 1 is 0.565 bits per heavy atom. The van der Waals surface area contributed by atoms with E-state index < -0.39 is 0 Å². The van der Waals surface area contributed by atoms with Crippen LogP contribution in [0.15, 0.2) is 160 Å². The zero-order valence-corrected chi connectivity index (χ0v) is 41.4. The fraction of sp³-hybridized carbons (Fsp3) is 0.206. The Bertz CT molecular complexity index is 3980. The standard InChI is InChI=1S/C63H53BN2O2S/c1-36-30-47-48(63(7,8)29-28-62(47,5)6)34-49(36)65-51-33-45-42-19-13-15-21-53(42)68-59(45)56-46-32-44-41-18-12-14-20-52(41)67-54(44)35-50(46)66(40-25-23-39(24-26-40)61(2,3)4)64(57(51)56)60-58(65)43-27-22-38(31-55(43)69-60)37-16-10-9-11-17-37/h9-27,30-35H,28-29H2,1-8H3. The Labute approximate surface area is 407 Å². The molecule has 0 atom stereocenters. The molecule has 0 fully saturated rings. The number of benzene rings is 8. The summed E-state index contributed by atoms with van der Waals surface area (Å²) in [4.78, 5) is 5.31.